The van der Waals surface area contributed by atoms with Crippen molar-refractivity contribution in [1.29, 1.82) is 0 Å². The quantitative estimate of drug-likeness (QED) is 0.108. The molecule has 0 radical (unpaired) electrons. The van der Waals surface area contributed by atoms with Gasteiger partial charge >= 0.3 is 12.1 Å². The topological polar surface area (TPSA) is 176 Å². The first-order valence-electron chi connectivity index (χ1n) is 20.3. The summed E-state index contributed by atoms with van der Waals surface area (Å²) in [4.78, 5) is 69.6. The van der Waals surface area contributed by atoms with Crippen molar-refractivity contribution in [3.63, 3.8) is 0 Å². The van der Waals surface area contributed by atoms with Crippen molar-refractivity contribution in [3.8, 4) is 11.5 Å². The maximum absolute atomic E-state index is 14.2. The van der Waals surface area contributed by atoms with Crippen LogP contribution in [0.4, 0.5) is 21.9 Å². The number of ether oxygens (including phenoxy) is 6. The monoisotopic (exact) mass is 825 g/mol. The van der Waals surface area contributed by atoms with Crippen LogP contribution in [0.3, 0.4) is 0 Å². The average molecular weight is 826 g/mol. The van der Waals surface area contributed by atoms with Crippen LogP contribution in [0.1, 0.15) is 83.3 Å². The molecule has 60 heavy (non-hydrogen) atoms. The third-order valence-corrected chi connectivity index (χ3v) is 11.0. The molecule has 7 rings (SSSR count). The van der Waals surface area contributed by atoms with E-state index in [0.29, 0.717) is 61.5 Å². The Labute approximate surface area is 348 Å². The third-order valence-electron chi connectivity index (χ3n) is 11.0. The van der Waals surface area contributed by atoms with Crippen LogP contribution < -0.4 is 25.0 Å². The van der Waals surface area contributed by atoms with Gasteiger partial charge in [0.15, 0.2) is 24.0 Å². The highest BCUT2D eigenvalue weighted by Crippen LogP contribution is 2.42. The molecule has 2 N–H and O–H groups in total. The Morgan fingerprint density at radius 1 is 0.983 bits per heavy atom. The Balaban J connectivity index is 1.01. The van der Waals surface area contributed by atoms with E-state index in [4.69, 9.17) is 28.4 Å². The molecule has 0 saturated carbocycles. The molecule has 1 aromatic heterocycles. The molecule has 3 atom stereocenters. The SMILES string of the molecule is C=CCOC(=O)N1c2cc(OCCCC(=O)Nc3cc(C(=O)Nc4ccc5c(c4)C=C(C(=O)OC)C5)n(C)c3)c(OC)cc2C(=O)N2CCCC[C@H]2C1OC1CCCCO1. The van der Waals surface area contributed by atoms with Crippen LogP contribution >= 0.6 is 0 Å². The molecule has 1 aliphatic carbocycles. The second-order valence-corrected chi connectivity index (χ2v) is 15.1. The van der Waals surface area contributed by atoms with Gasteiger partial charge in [-0.25, -0.2) is 14.5 Å². The summed E-state index contributed by atoms with van der Waals surface area (Å²) in [6.07, 6.45) is 8.35. The summed E-state index contributed by atoms with van der Waals surface area (Å²) >= 11 is 0. The Morgan fingerprint density at radius 3 is 2.58 bits per heavy atom. The fourth-order valence-corrected chi connectivity index (χ4v) is 8.06. The number of hydrogen-bond acceptors (Lipinski definition) is 11. The number of hydrogen-bond donors (Lipinski definition) is 2. The minimum atomic E-state index is -0.898. The first-order chi connectivity index (χ1) is 29.1. The van der Waals surface area contributed by atoms with E-state index < -0.39 is 24.7 Å². The van der Waals surface area contributed by atoms with Gasteiger partial charge in [0.2, 0.25) is 5.91 Å². The maximum Gasteiger partial charge on any atom is 0.416 e. The number of carbonyl (C=O) groups excluding carboxylic acids is 5. The van der Waals surface area contributed by atoms with Gasteiger partial charge in [0.05, 0.1) is 43.8 Å². The summed E-state index contributed by atoms with van der Waals surface area (Å²) < 4.78 is 36.4. The number of fused-ring (bicyclic) bond motifs is 3. The average Bonchev–Trinajstić information content (AvgIpc) is 3.84. The van der Waals surface area contributed by atoms with Gasteiger partial charge in [0.25, 0.3) is 11.8 Å². The van der Waals surface area contributed by atoms with Gasteiger partial charge in [0.1, 0.15) is 12.3 Å². The Morgan fingerprint density at radius 2 is 1.82 bits per heavy atom. The number of benzene rings is 2. The van der Waals surface area contributed by atoms with E-state index in [0.717, 1.165) is 36.8 Å². The van der Waals surface area contributed by atoms with E-state index in [1.165, 1.54) is 25.2 Å². The summed E-state index contributed by atoms with van der Waals surface area (Å²) in [5, 5.41) is 5.73. The van der Waals surface area contributed by atoms with Crippen LogP contribution in [-0.2, 0) is 42.0 Å². The number of nitrogens with zero attached hydrogens (tertiary/aromatic N) is 3. The van der Waals surface area contributed by atoms with Gasteiger partial charge in [-0.2, -0.15) is 0 Å². The normalized spacial score (nSPS) is 19.5. The van der Waals surface area contributed by atoms with E-state index >= 15 is 0 Å². The Hall–Kier alpha value is -6.13. The van der Waals surface area contributed by atoms with Crippen molar-refractivity contribution >= 4 is 52.9 Å². The second kappa shape index (κ2) is 18.8. The molecule has 3 aromatic rings. The number of anilines is 3. The number of piperidine rings is 1. The first kappa shape index (κ1) is 42.0. The predicted octanol–water partition coefficient (Wildman–Crippen LogP) is 6.20. The molecule has 4 aliphatic rings. The summed E-state index contributed by atoms with van der Waals surface area (Å²) in [6, 6.07) is 9.74. The summed E-state index contributed by atoms with van der Waals surface area (Å²) in [5.74, 6) is -0.760. The number of aryl methyl sites for hydroxylation is 1. The number of nitrogens with one attached hydrogen (secondary N) is 2. The van der Waals surface area contributed by atoms with E-state index in [-0.39, 0.29) is 66.1 Å². The summed E-state index contributed by atoms with van der Waals surface area (Å²) in [7, 11) is 4.51. The molecular weight excluding hydrogens is 775 g/mol. The Kier molecular flexibility index (Phi) is 13.2. The van der Waals surface area contributed by atoms with Crippen molar-refractivity contribution in [2.75, 3.05) is 56.1 Å². The van der Waals surface area contributed by atoms with E-state index in [9.17, 15) is 24.0 Å². The molecule has 2 unspecified atom stereocenters. The summed E-state index contributed by atoms with van der Waals surface area (Å²) in [6.45, 7) is 4.77. The number of rotatable bonds is 14. The number of carbonyl (C=O) groups is 5. The molecule has 2 aromatic carbocycles. The third kappa shape index (κ3) is 9.19. The lowest BCUT2D eigenvalue weighted by Gasteiger charge is -2.42. The van der Waals surface area contributed by atoms with E-state index in [2.05, 4.69) is 17.2 Å². The molecular formula is C44H51N5O11. The molecule has 3 aliphatic heterocycles. The zero-order valence-corrected chi connectivity index (χ0v) is 34.2. The molecule has 4 amide bonds. The largest absolute Gasteiger partial charge is 0.493 e. The molecule has 2 saturated heterocycles. The molecule has 4 heterocycles. The zero-order chi connectivity index (χ0) is 42.3. The van der Waals surface area contributed by atoms with Crippen LogP contribution in [0.2, 0.25) is 0 Å². The van der Waals surface area contributed by atoms with Crippen molar-refractivity contribution in [3.05, 3.63) is 83.2 Å². The molecule has 318 valence electrons. The van der Waals surface area contributed by atoms with Crippen LogP contribution in [0.15, 0.2) is 60.8 Å². The van der Waals surface area contributed by atoms with Crippen LogP contribution in [0.5, 0.6) is 11.5 Å². The number of aromatic nitrogens is 1. The maximum atomic E-state index is 14.2. The zero-order valence-electron chi connectivity index (χ0n) is 34.2. The first-order valence-corrected chi connectivity index (χ1v) is 20.3. The van der Waals surface area contributed by atoms with Gasteiger partial charge in [-0.3, -0.25) is 14.4 Å². The highest BCUT2D eigenvalue weighted by Gasteiger charge is 2.47. The molecule has 0 bridgehead atoms. The lowest BCUT2D eigenvalue weighted by Crippen LogP contribution is -2.57. The lowest BCUT2D eigenvalue weighted by molar-refractivity contribution is -0.198. The van der Waals surface area contributed by atoms with E-state index in [1.807, 2.05) is 6.07 Å². The molecule has 16 nitrogen and oxygen atoms in total. The minimum Gasteiger partial charge on any atom is -0.493 e. The van der Waals surface area contributed by atoms with Crippen LogP contribution in [-0.4, -0.2) is 98.4 Å². The van der Waals surface area contributed by atoms with E-state index in [1.54, 1.807) is 59.1 Å². The van der Waals surface area contributed by atoms with Crippen LogP contribution in [0, 0.1) is 0 Å². The van der Waals surface area contributed by atoms with Crippen molar-refractivity contribution in [2.24, 2.45) is 7.05 Å². The number of methoxy groups -OCH3 is 2. The highest BCUT2D eigenvalue weighted by molar-refractivity contribution is 6.06. The predicted molar refractivity (Wildman–Crippen MR) is 221 cm³/mol. The van der Waals surface area contributed by atoms with Gasteiger partial charge in [-0.1, -0.05) is 18.7 Å². The molecule has 2 fully saturated rings. The van der Waals surface area contributed by atoms with Crippen LogP contribution in [0.25, 0.3) is 6.08 Å². The highest BCUT2D eigenvalue weighted by atomic mass is 16.7. The fourth-order valence-electron chi connectivity index (χ4n) is 8.06. The minimum absolute atomic E-state index is 0.0483. The lowest BCUT2D eigenvalue weighted by atomic mass is 10.00. The van der Waals surface area contributed by atoms with Gasteiger partial charge < -0.3 is 48.5 Å². The van der Waals surface area contributed by atoms with Gasteiger partial charge in [0, 0.05) is 56.6 Å². The summed E-state index contributed by atoms with van der Waals surface area (Å²) in [5.41, 5.74) is 4.17. The number of esters is 1. The van der Waals surface area contributed by atoms with Crippen molar-refractivity contribution in [2.45, 2.75) is 76.3 Å². The molecule has 0 spiro atoms. The van der Waals surface area contributed by atoms with Crippen molar-refractivity contribution in [1.82, 2.24) is 9.47 Å². The van der Waals surface area contributed by atoms with Gasteiger partial charge in [-0.15, -0.1) is 0 Å². The smallest absolute Gasteiger partial charge is 0.416 e. The van der Waals surface area contributed by atoms with Crippen molar-refractivity contribution < 1.29 is 52.4 Å². The standard InChI is InChI=1S/C44H51N5O11/c1-5-17-59-44(54)49-34-25-37(36(55-3)24-32(34)41(52)48-16-8-6-11-33(48)42(49)60-39-13-7-9-18-58-39)57-19-10-12-38(50)45-31-23-35(47(2)26-31)40(51)46-30-15-14-27-20-29(43(53)56-4)21-28(27)22-30/h5,14-15,21-26,33,39,42H,1,6-13,16-20H2,2-4H3,(H,45,50)(H,46,51)/t33-,39?,42?/m0/s1. The Bertz CT molecular complexity index is 2170. The van der Waals surface area contributed by atoms with Gasteiger partial charge in [-0.05, 0) is 86.4 Å². The fraction of sp³-hybridized carbons (Fsp3) is 0.432. The number of amides is 4. The molecule has 16 heteroatoms. The second-order valence-electron chi connectivity index (χ2n) is 15.1.